The lowest BCUT2D eigenvalue weighted by Gasteiger charge is -2.15. The second-order valence-corrected chi connectivity index (χ2v) is 4.11. The van der Waals surface area contributed by atoms with Crippen molar-refractivity contribution in [3.05, 3.63) is 29.2 Å². The van der Waals surface area contributed by atoms with Crippen LogP contribution in [-0.4, -0.2) is 29.6 Å². The Morgan fingerprint density at radius 2 is 2.25 bits per heavy atom. The summed E-state index contributed by atoms with van der Waals surface area (Å²) in [5.41, 5.74) is 2.46. The molecule has 1 aliphatic heterocycles. The van der Waals surface area contributed by atoms with Gasteiger partial charge in [-0.25, -0.2) is 9.97 Å². The molecule has 0 radical (unpaired) electrons. The monoisotopic (exact) mass is 218 g/mol. The average molecular weight is 218 g/mol. The SMILES string of the molecule is Cc1cc(NCC2=CCNCC2)nc(C)n1. The Hall–Kier alpha value is -1.42. The number of hydrogen-bond acceptors (Lipinski definition) is 4. The lowest BCUT2D eigenvalue weighted by Crippen LogP contribution is -2.23. The Morgan fingerprint density at radius 3 is 2.94 bits per heavy atom. The Labute approximate surface area is 96.2 Å². The lowest BCUT2D eigenvalue weighted by molar-refractivity contribution is 0.697. The van der Waals surface area contributed by atoms with Gasteiger partial charge in [-0.1, -0.05) is 11.6 Å². The Bertz CT molecular complexity index is 378. The Morgan fingerprint density at radius 1 is 1.38 bits per heavy atom. The summed E-state index contributed by atoms with van der Waals surface area (Å²) in [4.78, 5) is 8.61. The molecule has 0 saturated heterocycles. The van der Waals surface area contributed by atoms with Gasteiger partial charge in [-0.15, -0.1) is 0 Å². The highest BCUT2D eigenvalue weighted by Crippen LogP contribution is 2.09. The van der Waals surface area contributed by atoms with E-state index in [9.17, 15) is 0 Å². The summed E-state index contributed by atoms with van der Waals surface area (Å²) in [6.07, 6.45) is 3.37. The molecule has 0 unspecified atom stereocenters. The maximum Gasteiger partial charge on any atom is 0.130 e. The predicted octanol–water partition coefficient (Wildman–Crippen LogP) is 1.43. The van der Waals surface area contributed by atoms with Crippen molar-refractivity contribution in [2.24, 2.45) is 0 Å². The van der Waals surface area contributed by atoms with Gasteiger partial charge in [0.25, 0.3) is 0 Å². The van der Waals surface area contributed by atoms with E-state index in [0.717, 1.165) is 43.4 Å². The first-order chi connectivity index (χ1) is 7.74. The Balaban J connectivity index is 1.96. The van der Waals surface area contributed by atoms with Gasteiger partial charge in [-0.2, -0.15) is 0 Å². The van der Waals surface area contributed by atoms with E-state index in [1.807, 2.05) is 19.9 Å². The van der Waals surface area contributed by atoms with Gasteiger partial charge in [-0.05, 0) is 26.8 Å². The molecular weight excluding hydrogens is 200 g/mol. The van der Waals surface area contributed by atoms with Gasteiger partial charge in [0.05, 0.1) is 0 Å². The van der Waals surface area contributed by atoms with Crippen LogP contribution < -0.4 is 10.6 Å². The molecule has 4 nitrogen and oxygen atoms in total. The number of nitrogens with one attached hydrogen (secondary N) is 2. The van der Waals surface area contributed by atoms with Crippen molar-refractivity contribution < 1.29 is 0 Å². The summed E-state index contributed by atoms with van der Waals surface area (Å²) in [5, 5.41) is 6.65. The van der Waals surface area contributed by atoms with Gasteiger partial charge in [-0.3, -0.25) is 0 Å². The van der Waals surface area contributed by atoms with Gasteiger partial charge in [0.2, 0.25) is 0 Å². The molecule has 0 fully saturated rings. The lowest BCUT2D eigenvalue weighted by atomic mass is 10.1. The smallest absolute Gasteiger partial charge is 0.130 e. The van der Waals surface area contributed by atoms with Crippen LogP contribution in [0.15, 0.2) is 17.7 Å². The zero-order valence-corrected chi connectivity index (χ0v) is 9.88. The summed E-state index contributed by atoms with van der Waals surface area (Å²) in [6, 6.07) is 1.98. The minimum absolute atomic E-state index is 0.821. The molecule has 0 bridgehead atoms. The number of aryl methyl sites for hydroxylation is 2. The molecule has 2 heterocycles. The number of aromatic nitrogens is 2. The predicted molar refractivity (Wildman–Crippen MR) is 65.6 cm³/mol. The second kappa shape index (κ2) is 5.07. The maximum absolute atomic E-state index is 4.35. The molecule has 16 heavy (non-hydrogen) atoms. The minimum Gasteiger partial charge on any atom is -0.366 e. The van der Waals surface area contributed by atoms with Gasteiger partial charge in [0.15, 0.2) is 0 Å². The molecule has 1 aromatic rings. The first kappa shape index (κ1) is 11.1. The molecule has 1 aromatic heterocycles. The topological polar surface area (TPSA) is 49.8 Å². The molecule has 0 spiro atoms. The third-order valence-corrected chi connectivity index (χ3v) is 2.62. The van der Waals surface area contributed by atoms with Crippen molar-refractivity contribution in [3.8, 4) is 0 Å². The van der Waals surface area contributed by atoms with E-state index in [2.05, 4.69) is 26.7 Å². The molecular formula is C12H18N4. The van der Waals surface area contributed by atoms with Gasteiger partial charge in [0, 0.05) is 24.8 Å². The minimum atomic E-state index is 0.821. The van der Waals surface area contributed by atoms with Crippen LogP contribution in [0.4, 0.5) is 5.82 Å². The van der Waals surface area contributed by atoms with E-state index < -0.39 is 0 Å². The van der Waals surface area contributed by atoms with Gasteiger partial charge >= 0.3 is 0 Å². The molecule has 1 aliphatic rings. The average Bonchev–Trinajstić information content (AvgIpc) is 2.27. The third-order valence-electron chi connectivity index (χ3n) is 2.62. The van der Waals surface area contributed by atoms with Crippen LogP contribution in [0.2, 0.25) is 0 Å². The summed E-state index contributed by atoms with van der Waals surface area (Å²) >= 11 is 0. The van der Waals surface area contributed by atoms with E-state index in [-0.39, 0.29) is 0 Å². The highest BCUT2D eigenvalue weighted by molar-refractivity contribution is 5.37. The van der Waals surface area contributed by atoms with E-state index in [1.54, 1.807) is 0 Å². The number of nitrogens with zero attached hydrogens (tertiary/aromatic N) is 2. The van der Waals surface area contributed by atoms with Crippen molar-refractivity contribution in [1.82, 2.24) is 15.3 Å². The van der Waals surface area contributed by atoms with E-state index in [4.69, 9.17) is 0 Å². The number of rotatable bonds is 3. The zero-order valence-electron chi connectivity index (χ0n) is 9.88. The van der Waals surface area contributed by atoms with Crippen molar-refractivity contribution in [1.29, 1.82) is 0 Å². The van der Waals surface area contributed by atoms with Crippen LogP contribution in [0.5, 0.6) is 0 Å². The highest BCUT2D eigenvalue weighted by Gasteiger charge is 2.03. The van der Waals surface area contributed by atoms with Crippen molar-refractivity contribution >= 4 is 5.82 Å². The highest BCUT2D eigenvalue weighted by atomic mass is 15.0. The molecule has 2 N–H and O–H groups in total. The molecule has 0 aromatic carbocycles. The Kier molecular flexibility index (Phi) is 3.51. The van der Waals surface area contributed by atoms with E-state index in [0.29, 0.717) is 0 Å². The fraction of sp³-hybridized carbons (Fsp3) is 0.500. The van der Waals surface area contributed by atoms with Crippen molar-refractivity contribution in [3.63, 3.8) is 0 Å². The molecule has 0 aliphatic carbocycles. The van der Waals surface area contributed by atoms with Crippen molar-refractivity contribution in [2.45, 2.75) is 20.3 Å². The fourth-order valence-electron chi connectivity index (χ4n) is 1.84. The first-order valence-corrected chi connectivity index (χ1v) is 5.69. The quantitative estimate of drug-likeness (QED) is 0.753. The van der Waals surface area contributed by atoms with Gasteiger partial charge in [0.1, 0.15) is 11.6 Å². The van der Waals surface area contributed by atoms with Crippen LogP contribution >= 0.6 is 0 Å². The largest absolute Gasteiger partial charge is 0.366 e. The van der Waals surface area contributed by atoms with Crippen molar-refractivity contribution in [2.75, 3.05) is 25.0 Å². The maximum atomic E-state index is 4.35. The summed E-state index contributed by atoms with van der Waals surface area (Å²) < 4.78 is 0. The molecule has 0 amide bonds. The standard InChI is InChI=1S/C12H18N4/c1-9-7-12(16-10(2)15-9)14-8-11-3-5-13-6-4-11/h3,7,13H,4-6,8H2,1-2H3,(H,14,15,16). The zero-order chi connectivity index (χ0) is 11.4. The van der Waals surface area contributed by atoms with Crippen LogP contribution in [0.25, 0.3) is 0 Å². The molecule has 2 rings (SSSR count). The third kappa shape index (κ3) is 3.03. The fourth-order valence-corrected chi connectivity index (χ4v) is 1.84. The van der Waals surface area contributed by atoms with Crippen LogP contribution in [0.1, 0.15) is 17.9 Å². The number of hydrogen-bond donors (Lipinski definition) is 2. The second-order valence-electron chi connectivity index (χ2n) is 4.11. The van der Waals surface area contributed by atoms with Crippen LogP contribution in [0.3, 0.4) is 0 Å². The van der Waals surface area contributed by atoms with Crippen LogP contribution in [0, 0.1) is 13.8 Å². The number of anilines is 1. The first-order valence-electron chi connectivity index (χ1n) is 5.69. The van der Waals surface area contributed by atoms with Crippen LogP contribution in [-0.2, 0) is 0 Å². The van der Waals surface area contributed by atoms with Gasteiger partial charge < -0.3 is 10.6 Å². The molecule has 4 heteroatoms. The molecule has 86 valence electrons. The molecule has 0 atom stereocenters. The van der Waals surface area contributed by atoms with E-state index >= 15 is 0 Å². The summed E-state index contributed by atoms with van der Waals surface area (Å²) in [5.74, 6) is 1.74. The summed E-state index contributed by atoms with van der Waals surface area (Å²) in [6.45, 7) is 6.86. The summed E-state index contributed by atoms with van der Waals surface area (Å²) in [7, 11) is 0. The van der Waals surface area contributed by atoms with E-state index in [1.165, 1.54) is 5.57 Å². The molecule has 0 saturated carbocycles. The normalized spacial score (nSPS) is 15.8.